The number of amides is 1. The Morgan fingerprint density at radius 3 is 2.74 bits per heavy atom. The molecule has 1 aliphatic rings. The minimum atomic E-state index is -0.647. The van der Waals surface area contributed by atoms with Gasteiger partial charge in [0, 0.05) is 29.3 Å². The van der Waals surface area contributed by atoms with Gasteiger partial charge in [-0.25, -0.2) is 14.2 Å². The van der Waals surface area contributed by atoms with Crippen LogP contribution in [-0.2, 0) is 11.3 Å². The number of nitrogens with one attached hydrogen (secondary N) is 1. The van der Waals surface area contributed by atoms with E-state index in [4.69, 9.17) is 9.47 Å². The molecular formula is C20H22F2N2O3. The molecule has 1 aliphatic carbocycles. The van der Waals surface area contributed by atoms with Crippen LogP contribution in [0, 0.1) is 11.8 Å². The van der Waals surface area contributed by atoms with E-state index in [1.54, 1.807) is 39.0 Å². The van der Waals surface area contributed by atoms with Crippen LogP contribution in [0.1, 0.15) is 44.2 Å². The summed E-state index contributed by atoms with van der Waals surface area (Å²) >= 11 is 0. The summed E-state index contributed by atoms with van der Waals surface area (Å²) in [5, 5.41) is 2.78. The predicted octanol–water partition coefficient (Wildman–Crippen LogP) is 4.32. The fraction of sp³-hybridized carbons (Fsp3) is 0.400. The fourth-order valence-corrected chi connectivity index (χ4v) is 2.80. The topological polar surface area (TPSA) is 60.5 Å². The lowest BCUT2D eigenvalue weighted by molar-refractivity contribution is 0.0522. The molecule has 0 aliphatic heterocycles. The van der Waals surface area contributed by atoms with Crippen LogP contribution in [0.25, 0.3) is 0 Å². The van der Waals surface area contributed by atoms with E-state index < -0.39 is 23.5 Å². The van der Waals surface area contributed by atoms with Gasteiger partial charge in [0.1, 0.15) is 12.2 Å². The highest BCUT2D eigenvalue weighted by Crippen LogP contribution is 2.45. The molecule has 1 amide bonds. The fourth-order valence-electron chi connectivity index (χ4n) is 2.80. The van der Waals surface area contributed by atoms with Gasteiger partial charge < -0.3 is 14.8 Å². The number of benzene rings is 1. The third-order valence-electron chi connectivity index (χ3n) is 4.10. The largest absolute Gasteiger partial charge is 0.485 e. The standard InChI is InChI=1S/C20H22F2N2O3/c1-20(2,3)27-19(25)24-16-10-14(16)13-7-4-8-15(21)17(13)26-11-12-6-5-9-23-18(12)22/h4-9,14,16H,10-11H2,1-3H3,(H,24,25)/t14-,16+/m0/s1. The van der Waals surface area contributed by atoms with Crippen molar-refractivity contribution in [1.82, 2.24) is 10.3 Å². The van der Waals surface area contributed by atoms with Crippen molar-refractivity contribution in [2.75, 3.05) is 0 Å². The SMILES string of the molecule is CC(C)(C)OC(=O)N[C@@H]1C[C@H]1c1cccc(F)c1OCc1cccnc1F. The zero-order valence-electron chi connectivity index (χ0n) is 15.5. The smallest absolute Gasteiger partial charge is 0.407 e. The molecule has 27 heavy (non-hydrogen) atoms. The average molecular weight is 376 g/mol. The van der Waals surface area contributed by atoms with Crippen LogP contribution in [0.2, 0.25) is 0 Å². The minimum Gasteiger partial charge on any atom is -0.485 e. The zero-order chi connectivity index (χ0) is 19.6. The first-order valence-corrected chi connectivity index (χ1v) is 8.75. The maximum Gasteiger partial charge on any atom is 0.407 e. The van der Waals surface area contributed by atoms with Gasteiger partial charge in [0.15, 0.2) is 11.6 Å². The highest BCUT2D eigenvalue weighted by molar-refractivity contribution is 5.69. The summed E-state index contributed by atoms with van der Waals surface area (Å²) in [5.74, 6) is -1.19. The molecule has 3 rings (SSSR count). The Labute approximate surface area is 156 Å². The number of carbonyl (C=O) groups excluding carboxylic acids is 1. The van der Waals surface area contributed by atoms with Crippen molar-refractivity contribution in [2.24, 2.45) is 0 Å². The van der Waals surface area contributed by atoms with Gasteiger partial charge in [-0.1, -0.05) is 12.1 Å². The number of ether oxygens (including phenoxy) is 2. The van der Waals surface area contributed by atoms with Crippen molar-refractivity contribution in [3.8, 4) is 5.75 Å². The Morgan fingerprint density at radius 2 is 2.04 bits per heavy atom. The van der Waals surface area contributed by atoms with Crippen LogP contribution in [0.5, 0.6) is 5.75 Å². The lowest BCUT2D eigenvalue weighted by Crippen LogP contribution is -2.34. The molecule has 5 nitrogen and oxygen atoms in total. The Bertz CT molecular complexity index is 836. The Hall–Kier alpha value is -2.70. The lowest BCUT2D eigenvalue weighted by Gasteiger charge is -2.19. The van der Waals surface area contributed by atoms with E-state index in [1.165, 1.54) is 18.3 Å². The molecule has 0 saturated heterocycles. The van der Waals surface area contributed by atoms with Crippen molar-refractivity contribution in [3.63, 3.8) is 0 Å². The van der Waals surface area contributed by atoms with Gasteiger partial charge in [-0.2, -0.15) is 4.39 Å². The number of rotatable bonds is 5. The summed E-state index contributed by atoms with van der Waals surface area (Å²) in [4.78, 5) is 15.5. The van der Waals surface area contributed by atoms with Gasteiger partial charge in [-0.3, -0.25) is 0 Å². The van der Waals surface area contributed by atoms with E-state index in [9.17, 15) is 13.6 Å². The van der Waals surface area contributed by atoms with Gasteiger partial charge in [0.05, 0.1) is 0 Å². The van der Waals surface area contributed by atoms with Crippen LogP contribution in [-0.4, -0.2) is 22.7 Å². The van der Waals surface area contributed by atoms with Crippen molar-refractivity contribution < 1.29 is 23.0 Å². The third-order valence-corrected chi connectivity index (χ3v) is 4.10. The second-order valence-electron chi connectivity index (χ2n) is 7.50. The normalized spacial score (nSPS) is 18.7. The number of halogens is 2. The van der Waals surface area contributed by atoms with E-state index in [0.29, 0.717) is 12.0 Å². The Balaban J connectivity index is 1.68. The Kier molecular flexibility index (Phi) is 5.30. The van der Waals surface area contributed by atoms with Gasteiger partial charge in [-0.05, 0) is 45.4 Å². The number of hydrogen-bond donors (Lipinski definition) is 1. The molecule has 144 valence electrons. The average Bonchev–Trinajstić information content (AvgIpc) is 3.32. The van der Waals surface area contributed by atoms with Gasteiger partial charge in [-0.15, -0.1) is 0 Å². The molecule has 1 aromatic carbocycles. The quantitative estimate of drug-likeness (QED) is 0.790. The van der Waals surface area contributed by atoms with Gasteiger partial charge in [0.25, 0.3) is 0 Å². The van der Waals surface area contributed by atoms with E-state index in [1.807, 2.05) is 0 Å². The molecule has 1 saturated carbocycles. The maximum absolute atomic E-state index is 14.3. The van der Waals surface area contributed by atoms with Crippen LogP contribution < -0.4 is 10.1 Å². The first-order chi connectivity index (χ1) is 12.7. The van der Waals surface area contributed by atoms with Crippen molar-refractivity contribution in [2.45, 2.75) is 51.4 Å². The molecular weight excluding hydrogens is 354 g/mol. The van der Waals surface area contributed by atoms with Crippen molar-refractivity contribution in [1.29, 1.82) is 0 Å². The van der Waals surface area contributed by atoms with Crippen LogP contribution in [0.4, 0.5) is 13.6 Å². The molecule has 1 N–H and O–H groups in total. The number of hydrogen-bond acceptors (Lipinski definition) is 4. The maximum atomic E-state index is 14.3. The summed E-state index contributed by atoms with van der Waals surface area (Å²) in [6.45, 7) is 5.22. The summed E-state index contributed by atoms with van der Waals surface area (Å²) in [6.07, 6.45) is 1.48. The molecule has 0 spiro atoms. The van der Waals surface area contributed by atoms with Crippen LogP contribution in [0.3, 0.4) is 0 Å². The number of nitrogens with zero attached hydrogens (tertiary/aromatic N) is 1. The first-order valence-electron chi connectivity index (χ1n) is 8.75. The van der Waals surface area contributed by atoms with E-state index in [2.05, 4.69) is 10.3 Å². The monoisotopic (exact) mass is 376 g/mol. The molecule has 1 fully saturated rings. The molecule has 2 atom stereocenters. The summed E-state index contributed by atoms with van der Waals surface area (Å²) in [7, 11) is 0. The highest BCUT2D eigenvalue weighted by Gasteiger charge is 2.42. The second kappa shape index (κ2) is 7.50. The molecule has 0 bridgehead atoms. The molecule has 1 heterocycles. The van der Waals surface area contributed by atoms with Gasteiger partial charge in [0.2, 0.25) is 5.95 Å². The van der Waals surface area contributed by atoms with E-state index in [-0.39, 0.29) is 29.9 Å². The number of pyridine rings is 1. The van der Waals surface area contributed by atoms with Crippen molar-refractivity contribution >= 4 is 6.09 Å². The van der Waals surface area contributed by atoms with Crippen LogP contribution in [0.15, 0.2) is 36.5 Å². The third kappa shape index (κ3) is 4.93. The number of para-hydroxylation sites is 1. The first kappa shape index (κ1) is 19.1. The van der Waals surface area contributed by atoms with Crippen molar-refractivity contribution in [3.05, 3.63) is 59.4 Å². The molecule has 0 radical (unpaired) electrons. The highest BCUT2D eigenvalue weighted by atomic mass is 19.1. The molecule has 7 heteroatoms. The minimum absolute atomic E-state index is 0.0687. The number of carbonyl (C=O) groups is 1. The number of alkyl carbamates (subject to hydrolysis) is 1. The summed E-state index contributed by atoms with van der Waals surface area (Å²) in [5.41, 5.74) is 0.293. The number of aromatic nitrogens is 1. The molecule has 2 aromatic rings. The summed E-state index contributed by atoms with van der Waals surface area (Å²) in [6, 6.07) is 7.60. The Morgan fingerprint density at radius 1 is 1.26 bits per heavy atom. The second-order valence-corrected chi connectivity index (χ2v) is 7.50. The van der Waals surface area contributed by atoms with E-state index in [0.717, 1.165) is 0 Å². The molecule has 1 aromatic heterocycles. The van der Waals surface area contributed by atoms with Crippen LogP contribution >= 0.6 is 0 Å². The zero-order valence-corrected chi connectivity index (χ0v) is 15.5. The molecule has 0 unspecified atom stereocenters. The predicted molar refractivity (Wildman–Crippen MR) is 95.4 cm³/mol. The lowest BCUT2D eigenvalue weighted by atomic mass is 10.1. The van der Waals surface area contributed by atoms with Gasteiger partial charge >= 0.3 is 6.09 Å². The summed E-state index contributed by atoms with van der Waals surface area (Å²) < 4.78 is 38.8. The van der Waals surface area contributed by atoms with E-state index >= 15 is 0 Å².